The highest BCUT2D eigenvalue weighted by Gasteiger charge is 2.11. The zero-order valence-electron chi connectivity index (χ0n) is 21.5. The molecule has 3 rings (SSSR count). The number of ether oxygens (including phenoxy) is 2. The van der Waals surface area contributed by atoms with Crippen LogP contribution >= 0.6 is 12.2 Å². The molecule has 0 saturated carbocycles. The first-order chi connectivity index (χ1) is 17.2. The summed E-state index contributed by atoms with van der Waals surface area (Å²) >= 11 is 5.32. The lowest BCUT2D eigenvalue weighted by Gasteiger charge is -2.14. The van der Waals surface area contributed by atoms with Gasteiger partial charge in [0.2, 0.25) is 0 Å². The average Bonchev–Trinajstić information content (AvgIpc) is 2.82. The van der Waals surface area contributed by atoms with Crippen molar-refractivity contribution in [2.24, 2.45) is 5.10 Å². The van der Waals surface area contributed by atoms with Gasteiger partial charge in [-0.25, -0.2) is 0 Å². The highest BCUT2D eigenvalue weighted by atomic mass is 32.1. The molecule has 0 bridgehead atoms. The largest absolute Gasteiger partial charge is 0.493 e. The van der Waals surface area contributed by atoms with E-state index in [0.29, 0.717) is 16.6 Å². The maximum atomic E-state index is 12.5. The van der Waals surface area contributed by atoms with Crippen LogP contribution in [-0.2, 0) is 4.79 Å². The van der Waals surface area contributed by atoms with Gasteiger partial charge < -0.3 is 20.1 Å². The molecule has 0 radical (unpaired) electrons. The van der Waals surface area contributed by atoms with Gasteiger partial charge in [-0.1, -0.05) is 35.4 Å². The Morgan fingerprint density at radius 1 is 0.889 bits per heavy atom. The molecule has 0 atom stereocenters. The second-order valence-corrected chi connectivity index (χ2v) is 9.07. The molecule has 188 valence electrons. The van der Waals surface area contributed by atoms with Gasteiger partial charge in [-0.2, -0.15) is 5.10 Å². The zero-order chi connectivity index (χ0) is 26.2. The Kier molecular flexibility index (Phi) is 9.02. The third-order valence-electron chi connectivity index (χ3n) is 5.50. The number of anilines is 2. The van der Waals surface area contributed by atoms with Gasteiger partial charge in [0.1, 0.15) is 0 Å². The van der Waals surface area contributed by atoms with Crippen LogP contribution in [0, 0.1) is 34.6 Å². The molecule has 7 nitrogen and oxygen atoms in total. The standard InChI is InChI=1S/C28H32N4O3S/c1-17-7-9-23(19(3)11-17)30-28(36)32-29-15-22-8-10-24(25(14-22)34-6)35-16-26(33)31-27-20(4)12-18(2)13-21(27)5/h7-15H,16H2,1-6H3,(H,31,33)(H2,30,32,36)/b29-15-. The predicted molar refractivity (Wildman–Crippen MR) is 151 cm³/mol. The van der Waals surface area contributed by atoms with Crippen molar-refractivity contribution in [3.63, 3.8) is 0 Å². The number of rotatable bonds is 8. The molecule has 3 aromatic rings. The number of hydrogen-bond donors (Lipinski definition) is 3. The molecular formula is C28H32N4O3S. The number of carbonyl (C=O) groups is 1. The van der Waals surface area contributed by atoms with Crippen LogP contribution in [-0.4, -0.2) is 31.0 Å². The van der Waals surface area contributed by atoms with Crippen LogP contribution < -0.4 is 25.5 Å². The first kappa shape index (κ1) is 26.7. The summed E-state index contributed by atoms with van der Waals surface area (Å²) < 4.78 is 11.2. The summed E-state index contributed by atoms with van der Waals surface area (Å²) in [4.78, 5) is 12.5. The molecule has 1 amide bonds. The monoisotopic (exact) mass is 504 g/mol. The Morgan fingerprint density at radius 3 is 2.25 bits per heavy atom. The lowest BCUT2D eigenvalue weighted by Crippen LogP contribution is -2.24. The van der Waals surface area contributed by atoms with Gasteiger partial charge in [-0.15, -0.1) is 0 Å². The summed E-state index contributed by atoms with van der Waals surface area (Å²) in [5.41, 5.74) is 10.8. The first-order valence-electron chi connectivity index (χ1n) is 11.5. The van der Waals surface area contributed by atoms with Crippen LogP contribution in [0.1, 0.15) is 33.4 Å². The van der Waals surface area contributed by atoms with E-state index in [0.717, 1.165) is 39.2 Å². The number of aryl methyl sites for hydroxylation is 5. The quantitative estimate of drug-likeness (QED) is 0.211. The first-order valence-corrected chi connectivity index (χ1v) is 11.9. The average molecular weight is 505 g/mol. The van der Waals surface area contributed by atoms with Gasteiger partial charge in [-0.05, 0) is 93.4 Å². The molecule has 0 aliphatic rings. The van der Waals surface area contributed by atoms with Crippen LogP contribution in [0.3, 0.4) is 0 Å². The Morgan fingerprint density at radius 2 is 1.58 bits per heavy atom. The third kappa shape index (κ3) is 7.29. The zero-order valence-corrected chi connectivity index (χ0v) is 22.3. The maximum Gasteiger partial charge on any atom is 0.262 e. The van der Waals surface area contributed by atoms with E-state index in [2.05, 4.69) is 27.2 Å². The molecule has 0 fully saturated rings. The fourth-order valence-electron chi connectivity index (χ4n) is 3.85. The highest BCUT2D eigenvalue weighted by molar-refractivity contribution is 7.80. The highest BCUT2D eigenvalue weighted by Crippen LogP contribution is 2.28. The molecule has 3 N–H and O–H groups in total. The van der Waals surface area contributed by atoms with Gasteiger partial charge >= 0.3 is 0 Å². The SMILES string of the molecule is COc1cc(/C=N\NC(=S)Nc2ccc(C)cc2C)ccc1OCC(=O)Nc1c(C)cc(C)cc1C. The minimum atomic E-state index is -0.244. The van der Waals surface area contributed by atoms with Crippen LogP contribution in [0.15, 0.2) is 53.6 Å². The minimum absolute atomic E-state index is 0.142. The van der Waals surface area contributed by atoms with Gasteiger partial charge in [0, 0.05) is 11.4 Å². The number of nitrogens with one attached hydrogen (secondary N) is 3. The van der Waals surface area contributed by atoms with E-state index in [-0.39, 0.29) is 12.5 Å². The van der Waals surface area contributed by atoms with E-state index >= 15 is 0 Å². The topological polar surface area (TPSA) is 84.0 Å². The molecule has 0 aromatic heterocycles. The van der Waals surface area contributed by atoms with Crippen molar-refractivity contribution in [1.29, 1.82) is 0 Å². The molecule has 0 spiro atoms. The molecule has 0 aliphatic heterocycles. The van der Waals surface area contributed by atoms with Crippen LogP contribution in [0.25, 0.3) is 0 Å². The predicted octanol–water partition coefficient (Wildman–Crippen LogP) is 5.58. The van der Waals surface area contributed by atoms with Crippen molar-refractivity contribution >= 4 is 40.8 Å². The Bertz CT molecular complexity index is 1280. The molecule has 36 heavy (non-hydrogen) atoms. The fourth-order valence-corrected chi connectivity index (χ4v) is 4.01. The fraction of sp³-hybridized carbons (Fsp3) is 0.250. The van der Waals surface area contributed by atoms with E-state index in [1.54, 1.807) is 25.5 Å². The van der Waals surface area contributed by atoms with Crippen molar-refractivity contribution in [2.45, 2.75) is 34.6 Å². The van der Waals surface area contributed by atoms with E-state index < -0.39 is 0 Å². The molecule has 0 saturated heterocycles. The lowest BCUT2D eigenvalue weighted by atomic mass is 10.1. The van der Waals surface area contributed by atoms with Gasteiger partial charge in [0.15, 0.2) is 23.2 Å². The lowest BCUT2D eigenvalue weighted by molar-refractivity contribution is -0.118. The van der Waals surface area contributed by atoms with Crippen LogP contribution in [0.5, 0.6) is 11.5 Å². The molecule has 0 heterocycles. The maximum absolute atomic E-state index is 12.5. The van der Waals surface area contributed by atoms with Crippen molar-refractivity contribution in [3.05, 3.63) is 81.9 Å². The number of hydrogen-bond acceptors (Lipinski definition) is 5. The van der Waals surface area contributed by atoms with Gasteiger partial charge in [-0.3, -0.25) is 10.2 Å². The van der Waals surface area contributed by atoms with Gasteiger partial charge in [0.05, 0.1) is 13.3 Å². The molecule has 3 aromatic carbocycles. The Labute approximate surface area is 217 Å². The minimum Gasteiger partial charge on any atom is -0.493 e. The van der Waals surface area contributed by atoms with E-state index in [1.165, 1.54) is 5.56 Å². The van der Waals surface area contributed by atoms with Crippen molar-refractivity contribution in [3.8, 4) is 11.5 Å². The number of hydrazone groups is 1. The summed E-state index contributed by atoms with van der Waals surface area (Å²) in [6.07, 6.45) is 1.62. The molecule has 8 heteroatoms. The van der Waals surface area contributed by atoms with E-state index in [9.17, 15) is 4.79 Å². The number of carbonyl (C=O) groups excluding carboxylic acids is 1. The summed E-state index contributed by atoms with van der Waals surface area (Å²) in [6, 6.07) is 15.5. The Hall–Kier alpha value is -3.91. The second kappa shape index (κ2) is 12.2. The number of amides is 1. The van der Waals surface area contributed by atoms with Crippen LogP contribution in [0.2, 0.25) is 0 Å². The smallest absolute Gasteiger partial charge is 0.262 e. The molecular weight excluding hydrogens is 472 g/mol. The summed E-state index contributed by atoms with van der Waals surface area (Å²) in [6.45, 7) is 9.90. The van der Waals surface area contributed by atoms with Crippen molar-refractivity contribution in [1.82, 2.24) is 5.43 Å². The Balaban J connectivity index is 1.56. The molecule has 0 unspecified atom stereocenters. The second-order valence-electron chi connectivity index (χ2n) is 8.66. The number of nitrogens with zero attached hydrogens (tertiary/aromatic N) is 1. The number of methoxy groups -OCH3 is 1. The van der Waals surface area contributed by atoms with Crippen LogP contribution in [0.4, 0.5) is 11.4 Å². The molecule has 0 aliphatic carbocycles. The summed E-state index contributed by atoms with van der Waals surface area (Å²) in [5.74, 6) is 0.708. The van der Waals surface area contributed by atoms with E-state index in [1.807, 2.05) is 65.0 Å². The third-order valence-corrected chi connectivity index (χ3v) is 5.69. The summed E-state index contributed by atoms with van der Waals surface area (Å²) in [5, 5.41) is 10.6. The summed E-state index contributed by atoms with van der Waals surface area (Å²) in [7, 11) is 1.55. The van der Waals surface area contributed by atoms with Gasteiger partial charge in [0.25, 0.3) is 5.91 Å². The number of benzene rings is 3. The number of thiocarbonyl (C=S) groups is 1. The van der Waals surface area contributed by atoms with Crippen molar-refractivity contribution in [2.75, 3.05) is 24.4 Å². The normalized spacial score (nSPS) is 10.7. The van der Waals surface area contributed by atoms with Crippen molar-refractivity contribution < 1.29 is 14.3 Å². The van der Waals surface area contributed by atoms with E-state index in [4.69, 9.17) is 21.7 Å².